The Kier molecular flexibility index (Phi) is 11.0. The number of thiazole rings is 1. The van der Waals surface area contributed by atoms with Gasteiger partial charge in [0.1, 0.15) is 30.8 Å². The smallest absolute Gasteiger partial charge is 0.731 e. The molecule has 3 N–H and O–H groups in total. The summed E-state index contributed by atoms with van der Waals surface area (Å²) in [6.07, 6.45) is 0. The predicted octanol–water partition coefficient (Wildman–Crippen LogP) is -3.68. The van der Waals surface area contributed by atoms with E-state index in [0.717, 1.165) is 11.3 Å². The molecule has 2 unspecified atom stereocenters. The Bertz CT molecular complexity index is 1310. The van der Waals surface area contributed by atoms with Gasteiger partial charge >= 0.3 is 29.6 Å². The number of hydrogen-bond acceptors (Lipinski definition) is 11. The Morgan fingerprint density at radius 2 is 2.00 bits per heavy atom. The second-order valence-corrected chi connectivity index (χ2v) is 9.47. The molecule has 0 aliphatic carbocycles. The van der Waals surface area contributed by atoms with Crippen LogP contribution < -0.4 is 45.5 Å². The number of nitrogens with one attached hydrogen (secondary N) is 3. The molecule has 1 fully saturated rings. The van der Waals surface area contributed by atoms with Crippen molar-refractivity contribution in [1.82, 2.24) is 19.9 Å². The largest absolute Gasteiger partial charge is 1.00 e. The van der Waals surface area contributed by atoms with Crippen molar-refractivity contribution < 1.29 is 66.5 Å². The Morgan fingerprint density at radius 3 is 2.57 bits per heavy atom. The molecule has 14 nitrogen and oxygen atoms in total. The maximum atomic E-state index is 13.1. The molecule has 0 spiro atoms. The van der Waals surface area contributed by atoms with Crippen LogP contribution in [0.1, 0.15) is 17.3 Å². The summed E-state index contributed by atoms with van der Waals surface area (Å²) in [7, 11) is -3.80. The molecule has 1 aromatic heterocycles. The molecule has 0 saturated carbocycles. The van der Waals surface area contributed by atoms with E-state index in [-0.39, 0.29) is 56.3 Å². The van der Waals surface area contributed by atoms with Crippen LogP contribution in [0.5, 0.6) is 0 Å². The van der Waals surface area contributed by atoms with E-state index in [0.29, 0.717) is 5.56 Å². The molecule has 1 aliphatic heterocycles. The molecule has 0 radical (unpaired) electrons. The molecular formula is C19H18ClN6NaO8S2. The van der Waals surface area contributed by atoms with Gasteiger partial charge in [0.05, 0.1) is 6.54 Å². The summed E-state index contributed by atoms with van der Waals surface area (Å²) in [5, 5.41) is 12.5. The summed E-state index contributed by atoms with van der Waals surface area (Å²) >= 11 is 6.45. The van der Waals surface area contributed by atoms with E-state index in [1.54, 1.807) is 18.2 Å². The van der Waals surface area contributed by atoms with Crippen molar-refractivity contribution in [2.24, 2.45) is 5.16 Å². The SMILES string of the molecule is CON=C(C(=O)NC(C(=O)NC1CN(S(=O)(=O)[O-])C1=O)c1ccccc1)c1csc(NC(=O)CCl)n1.[Na+]. The summed E-state index contributed by atoms with van der Waals surface area (Å²) in [4.78, 5) is 58.4. The minimum Gasteiger partial charge on any atom is -0.731 e. The fourth-order valence-corrected chi connectivity index (χ4v) is 4.45. The van der Waals surface area contributed by atoms with Crippen LogP contribution in [0, 0.1) is 0 Å². The zero-order chi connectivity index (χ0) is 26.5. The van der Waals surface area contributed by atoms with Crippen molar-refractivity contribution in [2.45, 2.75) is 12.1 Å². The molecule has 2 heterocycles. The van der Waals surface area contributed by atoms with E-state index in [9.17, 15) is 32.1 Å². The third kappa shape index (κ3) is 7.70. The number of β-lactam (4-membered cyclic amide) rings is 1. The maximum Gasteiger partial charge on any atom is 1.00 e. The van der Waals surface area contributed by atoms with Gasteiger partial charge in [0.15, 0.2) is 21.1 Å². The van der Waals surface area contributed by atoms with Gasteiger partial charge in [-0.2, -0.15) is 0 Å². The standard InChI is InChI=1S/C19H19ClN6O8S2.Na/c1-34-25-15(12-9-35-19(22-12)23-13(27)7-20)17(29)24-14(10-5-3-2-4-6-10)16(28)21-11-8-26(18(11)30)36(31,32)33;/h2-6,9,11,14H,7-8H2,1H3,(H,21,28)(H,24,29)(H,22,23,27)(H,31,32,33);/q;+1/p-1. The first-order valence-electron chi connectivity index (χ1n) is 9.91. The fraction of sp³-hybridized carbons (Fsp3) is 0.263. The zero-order valence-corrected chi connectivity index (χ0v) is 23.7. The minimum atomic E-state index is -4.99. The van der Waals surface area contributed by atoms with Gasteiger partial charge in [-0.05, 0) is 5.56 Å². The maximum absolute atomic E-state index is 13.1. The molecular weight excluding hydrogens is 563 g/mol. The molecule has 1 saturated heterocycles. The number of aromatic nitrogens is 1. The topological polar surface area (TPSA) is 199 Å². The number of nitrogens with zero attached hydrogens (tertiary/aromatic N) is 3. The number of rotatable bonds is 10. The zero-order valence-electron chi connectivity index (χ0n) is 19.3. The molecule has 4 amide bonds. The van der Waals surface area contributed by atoms with E-state index in [1.165, 1.54) is 24.6 Å². The van der Waals surface area contributed by atoms with E-state index in [4.69, 9.17) is 16.4 Å². The molecule has 37 heavy (non-hydrogen) atoms. The number of carbonyl (C=O) groups excluding carboxylic acids is 4. The van der Waals surface area contributed by atoms with Crippen molar-refractivity contribution >= 4 is 67.7 Å². The van der Waals surface area contributed by atoms with Gasteiger partial charge in [-0.15, -0.1) is 22.9 Å². The Labute approximate surface area is 241 Å². The number of alkyl halides is 1. The first-order valence-corrected chi connectivity index (χ1v) is 12.7. The summed E-state index contributed by atoms with van der Waals surface area (Å²) < 4.78 is 33.2. The Morgan fingerprint density at radius 1 is 1.32 bits per heavy atom. The van der Waals surface area contributed by atoms with Gasteiger partial charge in [0.2, 0.25) is 11.8 Å². The molecule has 0 bridgehead atoms. The van der Waals surface area contributed by atoms with Gasteiger partial charge in [-0.25, -0.2) is 17.7 Å². The van der Waals surface area contributed by atoms with E-state index in [2.05, 4.69) is 26.1 Å². The van der Waals surface area contributed by atoms with Crippen LogP contribution in [0.4, 0.5) is 5.13 Å². The van der Waals surface area contributed by atoms with Gasteiger partial charge in [-0.1, -0.05) is 35.5 Å². The average Bonchev–Trinajstić information content (AvgIpc) is 3.30. The van der Waals surface area contributed by atoms with Crippen LogP contribution in [-0.2, 0) is 34.3 Å². The van der Waals surface area contributed by atoms with E-state index >= 15 is 0 Å². The quantitative estimate of drug-likeness (QED) is 0.0632. The first kappa shape index (κ1) is 30.6. The van der Waals surface area contributed by atoms with Gasteiger partial charge in [0, 0.05) is 5.38 Å². The molecule has 18 heteroatoms. The number of halogens is 1. The summed E-state index contributed by atoms with van der Waals surface area (Å²) in [5.74, 6) is -3.63. The Hall–Kier alpha value is -2.60. The van der Waals surface area contributed by atoms with E-state index in [1.807, 2.05) is 0 Å². The number of hydrogen-bond donors (Lipinski definition) is 3. The second kappa shape index (κ2) is 13.3. The molecule has 2 aromatic rings. The monoisotopic (exact) mass is 580 g/mol. The number of oxime groups is 1. The third-order valence-corrected chi connectivity index (χ3v) is 6.53. The van der Waals surface area contributed by atoms with Crippen molar-refractivity contribution in [1.29, 1.82) is 0 Å². The second-order valence-electron chi connectivity index (χ2n) is 7.05. The number of anilines is 1. The van der Waals surface area contributed by atoms with Crippen molar-refractivity contribution in [3.05, 3.63) is 47.0 Å². The molecule has 192 valence electrons. The normalized spacial score (nSPS) is 16.1. The van der Waals surface area contributed by atoms with Crippen LogP contribution in [-0.4, -0.2) is 77.2 Å². The average molecular weight is 581 g/mol. The first-order chi connectivity index (χ1) is 17.0. The predicted molar refractivity (Wildman–Crippen MR) is 126 cm³/mol. The Balaban J connectivity index is 0.00000481. The third-order valence-electron chi connectivity index (χ3n) is 4.66. The molecule has 3 rings (SSSR count). The van der Waals surface area contributed by atoms with Crippen LogP contribution in [0.25, 0.3) is 0 Å². The van der Waals surface area contributed by atoms with Crippen LogP contribution in [0.2, 0.25) is 0 Å². The summed E-state index contributed by atoms with van der Waals surface area (Å²) in [6, 6.07) is 5.37. The minimum absolute atomic E-state index is 0. The summed E-state index contributed by atoms with van der Waals surface area (Å²) in [6.45, 7) is -0.530. The van der Waals surface area contributed by atoms with Crippen molar-refractivity contribution in [2.75, 3.05) is 24.9 Å². The number of carbonyl (C=O) groups is 4. The number of amides is 4. The molecule has 2 atom stereocenters. The van der Waals surface area contributed by atoms with Gasteiger partial charge in [0.25, 0.3) is 11.8 Å². The summed E-state index contributed by atoms with van der Waals surface area (Å²) in [5.41, 5.74) is 0.0349. The van der Waals surface area contributed by atoms with Gasteiger partial charge < -0.3 is 25.3 Å². The van der Waals surface area contributed by atoms with Gasteiger partial charge in [-0.3, -0.25) is 19.2 Å². The number of benzene rings is 1. The van der Waals surface area contributed by atoms with Crippen molar-refractivity contribution in [3.63, 3.8) is 0 Å². The molecule has 1 aromatic carbocycles. The fourth-order valence-electron chi connectivity index (χ4n) is 2.99. The van der Waals surface area contributed by atoms with Crippen molar-refractivity contribution in [3.8, 4) is 0 Å². The van der Waals surface area contributed by atoms with E-state index < -0.39 is 52.6 Å². The van der Waals surface area contributed by atoms with Crippen LogP contribution in [0.3, 0.4) is 0 Å². The molecule has 1 aliphatic rings. The van der Waals surface area contributed by atoms with Crippen LogP contribution >= 0.6 is 22.9 Å². The van der Waals surface area contributed by atoms with Crippen LogP contribution in [0.15, 0.2) is 40.9 Å².